The second-order valence-electron chi connectivity index (χ2n) is 5.04. The average molecular weight is 320 g/mol. The summed E-state index contributed by atoms with van der Waals surface area (Å²) >= 11 is 3.85. The van der Waals surface area contributed by atoms with Gasteiger partial charge in [-0.2, -0.15) is 0 Å². The van der Waals surface area contributed by atoms with Crippen molar-refractivity contribution in [3.63, 3.8) is 0 Å². The van der Waals surface area contributed by atoms with Gasteiger partial charge in [-0.1, -0.05) is 32.9 Å². The van der Waals surface area contributed by atoms with E-state index < -0.39 is 0 Å². The van der Waals surface area contributed by atoms with E-state index in [9.17, 15) is 0 Å². The maximum Gasteiger partial charge on any atom is 0.0368 e. The van der Waals surface area contributed by atoms with Gasteiger partial charge >= 0.3 is 0 Å². The fourth-order valence-electron chi connectivity index (χ4n) is 2.44. The maximum atomic E-state index is 3.63. The van der Waals surface area contributed by atoms with E-state index in [1.165, 1.54) is 20.2 Å². The third kappa shape index (κ3) is 4.87. The van der Waals surface area contributed by atoms with Gasteiger partial charge in [0.15, 0.2) is 0 Å². The molecule has 0 aliphatic heterocycles. The summed E-state index contributed by atoms with van der Waals surface area (Å²) < 4.78 is 0. The van der Waals surface area contributed by atoms with Gasteiger partial charge in [-0.25, -0.2) is 0 Å². The summed E-state index contributed by atoms with van der Waals surface area (Å²) in [5, 5.41) is 3.63. The number of aryl methyl sites for hydroxylation is 1. The Bertz CT molecular complexity index is 530. The van der Waals surface area contributed by atoms with Crippen LogP contribution in [0.5, 0.6) is 0 Å². The first kappa shape index (κ1) is 16.6. The van der Waals surface area contributed by atoms with Crippen molar-refractivity contribution in [2.24, 2.45) is 0 Å². The van der Waals surface area contributed by atoms with Crippen molar-refractivity contribution in [3.05, 3.63) is 51.7 Å². The molecule has 0 saturated carbocycles. The standard InChI is InChI=1S/C18H25NS2/c1-4-15-11-12-17(21-15)13-18(19-5-2)14-7-9-16(10-8-14)20-6-3/h7-12,18-19H,4-6,13H2,1-3H3. The number of benzene rings is 1. The zero-order valence-electron chi connectivity index (χ0n) is 13.2. The normalized spacial score (nSPS) is 12.5. The van der Waals surface area contributed by atoms with Crippen LogP contribution in [0.1, 0.15) is 42.1 Å². The van der Waals surface area contributed by atoms with Crippen LogP contribution in [0.2, 0.25) is 0 Å². The van der Waals surface area contributed by atoms with Crippen LogP contribution in [0.15, 0.2) is 41.3 Å². The lowest BCUT2D eigenvalue weighted by Gasteiger charge is -2.18. The molecule has 0 radical (unpaired) electrons. The molecule has 2 rings (SSSR count). The number of rotatable bonds is 8. The molecule has 0 aliphatic rings. The zero-order valence-corrected chi connectivity index (χ0v) is 14.8. The maximum absolute atomic E-state index is 3.63. The fraction of sp³-hybridized carbons (Fsp3) is 0.444. The van der Waals surface area contributed by atoms with Gasteiger partial charge in [-0.15, -0.1) is 23.1 Å². The summed E-state index contributed by atoms with van der Waals surface area (Å²) in [6.07, 6.45) is 2.22. The van der Waals surface area contributed by atoms with Crippen molar-refractivity contribution < 1.29 is 0 Å². The van der Waals surface area contributed by atoms with E-state index in [0.717, 1.165) is 25.1 Å². The van der Waals surface area contributed by atoms with E-state index in [4.69, 9.17) is 0 Å². The Morgan fingerprint density at radius 3 is 2.29 bits per heavy atom. The Hall–Kier alpha value is -0.770. The highest BCUT2D eigenvalue weighted by Gasteiger charge is 2.12. The molecule has 0 spiro atoms. The quantitative estimate of drug-likeness (QED) is 0.661. The Balaban J connectivity index is 2.10. The van der Waals surface area contributed by atoms with E-state index in [0.29, 0.717) is 6.04 Å². The Morgan fingerprint density at radius 1 is 1.00 bits per heavy atom. The molecule has 1 atom stereocenters. The predicted octanol–water partition coefficient (Wildman–Crippen LogP) is 5.32. The molecule has 0 saturated heterocycles. The number of thioether (sulfide) groups is 1. The Labute approximate surface area is 137 Å². The lowest BCUT2D eigenvalue weighted by atomic mass is 10.0. The van der Waals surface area contributed by atoms with Crippen molar-refractivity contribution in [1.29, 1.82) is 0 Å². The van der Waals surface area contributed by atoms with Gasteiger partial charge in [0.05, 0.1) is 0 Å². The lowest BCUT2D eigenvalue weighted by Crippen LogP contribution is -2.22. The molecule has 1 aromatic heterocycles. The Morgan fingerprint density at radius 2 is 1.71 bits per heavy atom. The van der Waals surface area contributed by atoms with E-state index >= 15 is 0 Å². The summed E-state index contributed by atoms with van der Waals surface area (Å²) in [7, 11) is 0. The first-order chi connectivity index (χ1) is 10.3. The van der Waals surface area contributed by atoms with Crippen molar-refractivity contribution in [1.82, 2.24) is 5.32 Å². The van der Waals surface area contributed by atoms with Crippen LogP contribution >= 0.6 is 23.1 Å². The summed E-state index contributed by atoms with van der Waals surface area (Å²) in [6.45, 7) is 7.60. The minimum absolute atomic E-state index is 0.416. The highest BCUT2D eigenvalue weighted by Crippen LogP contribution is 2.26. The topological polar surface area (TPSA) is 12.0 Å². The lowest BCUT2D eigenvalue weighted by molar-refractivity contribution is 0.553. The highest BCUT2D eigenvalue weighted by molar-refractivity contribution is 7.99. The monoisotopic (exact) mass is 319 g/mol. The van der Waals surface area contributed by atoms with Gasteiger partial charge < -0.3 is 5.32 Å². The molecular formula is C18H25NS2. The van der Waals surface area contributed by atoms with Crippen molar-refractivity contribution in [3.8, 4) is 0 Å². The Kier molecular flexibility index (Phi) is 6.81. The van der Waals surface area contributed by atoms with Crippen LogP contribution in [0.25, 0.3) is 0 Å². The largest absolute Gasteiger partial charge is 0.310 e. The number of hydrogen-bond donors (Lipinski definition) is 1. The number of thiophene rings is 1. The molecule has 1 nitrogen and oxygen atoms in total. The number of likely N-dealkylation sites (N-methyl/N-ethyl adjacent to an activating group) is 1. The molecule has 2 aromatic rings. The molecule has 0 fully saturated rings. The van der Waals surface area contributed by atoms with Crippen LogP contribution in [-0.2, 0) is 12.8 Å². The molecule has 0 bridgehead atoms. The molecular weight excluding hydrogens is 294 g/mol. The summed E-state index contributed by atoms with van der Waals surface area (Å²) in [6, 6.07) is 14.0. The van der Waals surface area contributed by atoms with E-state index in [-0.39, 0.29) is 0 Å². The average Bonchev–Trinajstić information content (AvgIpc) is 2.96. The molecule has 1 aromatic carbocycles. The zero-order chi connectivity index (χ0) is 15.1. The molecule has 114 valence electrons. The predicted molar refractivity (Wildman–Crippen MR) is 96.7 cm³/mol. The van der Waals surface area contributed by atoms with Crippen molar-refractivity contribution in [2.45, 2.75) is 44.6 Å². The molecule has 3 heteroatoms. The summed E-state index contributed by atoms with van der Waals surface area (Å²) in [5.74, 6) is 1.13. The number of nitrogens with one attached hydrogen (secondary N) is 1. The third-order valence-corrected chi connectivity index (χ3v) is 5.66. The van der Waals surface area contributed by atoms with Gasteiger partial charge in [0.1, 0.15) is 0 Å². The van der Waals surface area contributed by atoms with Gasteiger partial charge in [0.2, 0.25) is 0 Å². The first-order valence-electron chi connectivity index (χ1n) is 7.80. The van der Waals surface area contributed by atoms with Crippen LogP contribution in [0.3, 0.4) is 0 Å². The first-order valence-corrected chi connectivity index (χ1v) is 9.60. The smallest absolute Gasteiger partial charge is 0.0368 e. The van der Waals surface area contributed by atoms with Crippen LogP contribution in [-0.4, -0.2) is 12.3 Å². The second kappa shape index (κ2) is 8.62. The van der Waals surface area contributed by atoms with E-state index in [1.54, 1.807) is 0 Å². The molecule has 21 heavy (non-hydrogen) atoms. The van der Waals surface area contributed by atoms with E-state index in [1.807, 2.05) is 23.1 Å². The highest BCUT2D eigenvalue weighted by atomic mass is 32.2. The molecule has 0 aliphatic carbocycles. The summed E-state index contributed by atoms with van der Waals surface area (Å²) in [4.78, 5) is 4.32. The van der Waals surface area contributed by atoms with Gasteiger partial charge in [-0.3, -0.25) is 0 Å². The van der Waals surface area contributed by atoms with Crippen LogP contribution in [0.4, 0.5) is 0 Å². The SMILES string of the molecule is CCNC(Cc1ccc(CC)s1)c1ccc(SCC)cc1. The molecule has 1 N–H and O–H groups in total. The van der Waals surface area contributed by atoms with Gasteiger partial charge in [0, 0.05) is 27.1 Å². The van der Waals surface area contributed by atoms with E-state index in [2.05, 4.69) is 62.5 Å². The van der Waals surface area contributed by atoms with Crippen LogP contribution in [0, 0.1) is 0 Å². The van der Waals surface area contributed by atoms with Crippen molar-refractivity contribution >= 4 is 23.1 Å². The third-order valence-electron chi connectivity index (χ3n) is 3.52. The van der Waals surface area contributed by atoms with Gasteiger partial charge in [0.25, 0.3) is 0 Å². The summed E-state index contributed by atoms with van der Waals surface area (Å²) in [5.41, 5.74) is 1.39. The molecule has 1 unspecified atom stereocenters. The molecule has 0 amide bonds. The van der Waals surface area contributed by atoms with Crippen molar-refractivity contribution in [2.75, 3.05) is 12.3 Å². The second-order valence-corrected chi connectivity index (χ2v) is 7.63. The number of hydrogen-bond acceptors (Lipinski definition) is 3. The minimum atomic E-state index is 0.416. The molecule has 1 heterocycles. The van der Waals surface area contributed by atoms with Gasteiger partial charge in [-0.05, 0) is 48.5 Å². The fourth-order valence-corrected chi connectivity index (χ4v) is 4.11. The van der Waals surface area contributed by atoms with Crippen LogP contribution < -0.4 is 5.32 Å². The minimum Gasteiger partial charge on any atom is -0.310 e.